The Morgan fingerprint density at radius 2 is 2.16 bits per heavy atom. The van der Waals surface area contributed by atoms with Gasteiger partial charge in [-0.3, -0.25) is 9.59 Å². The third-order valence-corrected chi connectivity index (χ3v) is 3.10. The molecule has 0 radical (unpaired) electrons. The molecule has 1 aliphatic rings. The number of hydrogen-bond donors (Lipinski definition) is 3. The van der Waals surface area contributed by atoms with Crippen molar-refractivity contribution >= 4 is 17.4 Å². The van der Waals surface area contributed by atoms with E-state index < -0.39 is 0 Å². The number of amides is 1. The van der Waals surface area contributed by atoms with Gasteiger partial charge in [-0.05, 0) is 30.2 Å². The number of ketones is 1. The van der Waals surface area contributed by atoms with E-state index in [-0.39, 0.29) is 11.7 Å². The fourth-order valence-electron chi connectivity index (χ4n) is 2.11. The van der Waals surface area contributed by atoms with Crippen LogP contribution in [0.1, 0.15) is 22.8 Å². The molecule has 5 heteroatoms. The maximum atomic E-state index is 12.0. The minimum Gasteiger partial charge on any atom is -0.384 e. The van der Waals surface area contributed by atoms with Crippen LogP contribution in [-0.2, 0) is 11.2 Å². The first-order valence-corrected chi connectivity index (χ1v) is 6.52. The minimum atomic E-state index is -0.0563. The van der Waals surface area contributed by atoms with Crippen LogP contribution in [0.5, 0.6) is 0 Å². The Kier molecular flexibility index (Phi) is 4.52. The van der Waals surface area contributed by atoms with Gasteiger partial charge in [-0.1, -0.05) is 0 Å². The fraction of sp³-hybridized carbons (Fsp3) is 0.429. The van der Waals surface area contributed by atoms with Gasteiger partial charge in [0.1, 0.15) is 0 Å². The van der Waals surface area contributed by atoms with Crippen molar-refractivity contribution in [3.05, 3.63) is 29.3 Å². The minimum absolute atomic E-state index is 0.0563. The molecule has 0 atom stereocenters. The van der Waals surface area contributed by atoms with Crippen LogP contribution in [-0.4, -0.2) is 37.9 Å². The summed E-state index contributed by atoms with van der Waals surface area (Å²) in [4.78, 5) is 22.6. The average molecular weight is 261 g/mol. The lowest BCUT2D eigenvalue weighted by Gasteiger charge is -2.06. The number of carbonyl (C=O) groups excluding carboxylic acids is 2. The van der Waals surface area contributed by atoms with E-state index in [9.17, 15) is 9.59 Å². The number of fused-ring (bicyclic) bond motifs is 1. The molecule has 0 unspecified atom stereocenters. The maximum absolute atomic E-state index is 12.0. The van der Waals surface area contributed by atoms with Gasteiger partial charge in [0.2, 0.25) is 5.91 Å². The molecule has 2 rings (SSSR count). The Morgan fingerprint density at radius 1 is 1.32 bits per heavy atom. The molecule has 0 saturated heterocycles. The number of anilines is 1. The molecule has 0 aromatic heterocycles. The smallest absolute Gasteiger partial charge is 0.216 e. The van der Waals surface area contributed by atoms with Crippen LogP contribution < -0.4 is 16.0 Å². The molecule has 0 spiro atoms. The van der Waals surface area contributed by atoms with Crippen molar-refractivity contribution < 1.29 is 9.59 Å². The molecular formula is C14H19N3O2. The van der Waals surface area contributed by atoms with Crippen molar-refractivity contribution in [2.45, 2.75) is 13.3 Å². The maximum Gasteiger partial charge on any atom is 0.216 e. The highest BCUT2D eigenvalue weighted by Gasteiger charge is 2.13. The summed E-state index contributed by atoms with van der Waals surface area (Å²) >= 11 is 0. The fourth-order valence-corrected chi connectivity index (χ4v) is 2.11. The van der Waals surface area contributed by atoms with E-state index in [1.54, 1.807) is 0 Å². The quantitative estimate of drug-likeness (QED) is 0.517. The van der Waals surface area contributed by atoms with Crippen molar-refractivity contribution in [2.24, 2.45) is 0 Å². The molecule has 3 N–H and O–H groups in total. The molecule has 0 aliphatic carbocycles. The Morgan fingerprint density at radius 3 is 2.95 bits per heavy atom. The van der Waals surface area contributed by atoms with Crippen molar-refractivity contribution in [1.82, 2.24) is 10.6 Å². The highest BCUT2D eigenvalue weighted by atomic mass is 16.1. The first kappa shape index (κ1) is 13.5. The van der Waals surface area contributed by atoms with Gasteiger partial charge in [-0.2, -0.15) is 0 Å². The van der Waals surface area contributed by atoms with Crippen molar-refractivity contribution in [3.63, 3.8) is 0 Å². The van der Waals surface area contributed by atoms with E-state index >= 15 is 0 Å². The predicted molar refractivity (Wildman–Crippen MR) is 74.5 cm³/mol. The van der Waals surface area contributed by atoms with Crippen molar-refractivity contribution in [1.29, 1.82) is 0 Å². The molecule has 102 valence electrons. The third-order valence-electron chi connectivity index (χ3n) is 3.10. The van der Waals surface area contributed by atoms with E-state index in [0.29, 0.717) is 19.6 Å². The second-order valence-electron chi connectivity index (χ2n) is 4.63. The van der Waals surface area contributed by atoms with E-state index in [4.69, 9.17) is 0 Å². The summed E-state index contributed by atoms with van der Waals surface area (Å²) < 4.78 is 0. The number of carbonyl (C=O) groups is 2. The summed E-state index contributed by atoms with van der Waals surface area (Å²) in [7, 11) is 0. The molecule has 0 bridgehead atoms. The number of Topliss-reactive ketones (excluding diaryl/α,β-unsaturated/α-hetero) is 1. The van der Waals surface area contributed by atoms with Gasteiger partial charge >= 0.3 is 0 Å². The zero-order valence-electron chi connectivity index (χ0n) is 11.1. The van der Waals surface area contributed by atoms with E-state index in [0.717, 1.165) is 24.2 Å². The van der Waals surface area contributed by atoms with Gasteiger partial charge in [0.05, 0.1) is 6.54 Å². The molecule has 19 heavy (non-hydrogen) atoms. The first-order valence-electron chi connectivity index (χ1n) is 6.52. The molecule has 0 saturated carbocycles. The van der Waals surface area contributed by atoms with Gasteiger partial charge < -0.3 is 16.0 Å². The summed E-state index contributed by atoms with van der Waals surface area (Å²) in [6, 6.07) is 5.79. The predicted octanol–water partition coefficient (Wildman–Crippen LogP) is 0.563. The van der Waals surface area contributed by atoms with Crippen LogP contribution in [0.25, 0.3) is 0 Å². The average Bonchev–Trinajstić information content (AvgIpc) is 2.84. The summed E-state index contributed by atoms with van der Waals surface area (Å²) in [5, 5.41) is 8.97. The molecule has 1 heterocycles. The van der Waals surface area contributed by atoms with Crippen molar-refractivity contribution in [2.75, 3.05) is 31.5 Å². The lowest BCUT2D eigenvalue weighted by atomic mass is 10.1. The topological polar surface area (TPSA) is 70.2 Å². The van der Waals surface area contributed by atoms with E-state index in [2.05, 4.69) is 16.0 Å². The lowest BCUT2D eigenvalue weighted by Crippen LogP contribution is -2.32. The third kappa shape index (κ3) is 3.79. The van der Waals surface area contributed by atoms with E-state index in [1.807, 2.05) is 18.2 Å². The monoisotopic (exact) mass is 261 g/mol. The van der Waals surface area contributed by atoms with Crippen LogP contribution in [0, 0.1) is 0 Å². The zero-order chi connectivity index (χ0) is 13.7. The van der Waals surface area contributed by atoms with E-state index in [1.165, 1.54) is 12.5 Å². The Bertz CT molecular complexity index is 486. The number of rotatable bonds is 6. The van der Waals surface area contributed by atoms with Crippen molar-refractivity contribution in [3.8, 4) is 0 Å². The molecule has 0 fully saturated rings. The molecule has 1 aliphatic heterocycles. The Balaban J connectivity index is 1.78. The number of nitrogens with one attached hydrogen (secondary N) is 3. The van der Waals surface area contributed by atoms with Gasteiger partial charge in [0.15, 0.2) is 5.78 Å². The van der Waals surface area contributed by atoms with Crippen LogP contribution in [0.3, 0.4) is 0 Å². The second-order valence-corrected chi connectivity index (χ2v) is 4.63. The molecule has 5 nitrogen and oxygen atoms in total. The van der Waals surface area contributed by atoms with Crippen LogP contribution in [0.4, 0.5) is 5.69 Å². The van der Waals surface area contributed by atoms with Gasteiger partial charge in [-0.15, -0.1) is 0 Å². The van der Waals surface area contributed by atoms with Crippen LogP contribution in [0.2, 0.25) is 0 Å². The first-order chi connectivity index (χ1) is 9.16. The highest BCUT2D eigenvalue weighted by molar-refractivity contribution is 5.98. The summed E-state index contributed by atoms with van der Waals surface area (Å²) in [5.41, 5.74) is 3.09. The lowest BCUT2D eigenvalue weighted by molar-refractivity contribution is -0.118. The normalized spacial score (nSPS) is 12.7. The second kappa shape index (κ2) is 6.33. The van der Waals surface area contributed by atoms with Crippen LogP contribution in [0.15, 0.2) is 18.2 Å². The largest absolute Gasteiger partial charge is 0.384 e. The van der Waals surface area contributed by atoms with Gasteiger partial charge in [0, 0.05) is 37.8 Å². The highest BCUT2D eigenvalue weighted by Crippen LogP contribution is 2.22. The Hall–Kier alpha value is -1.88. The zero-order valence-corrected chi connectivity index (χ0v) is 11.1. The molecule has 1 aromatic rings. The van der Waals surface area contributed by atoms with Gasteiger partial charge in [0.25, 0.3) is 0 Å². The van der Waals surface area contributed by atoms with Gasteiger partial charge in [-0.25, -0.2) is 0 Å². The summed E-state index contributed by atoms with van der Waals surface area (Å²) in [6.07, 6.45) is 0.979. The Labute approximate surface area is 112 Å². The summed E-state index contributed by atoms with van der Waals surface area (Å²) in [6.45, 7) is 3.85. The molecular weight excluding hydrogens is 242 g/mol. The number of hydrogen-bond acceptors (Lipinski definition) is 4. The standard InChI is InChI=1S/C14H19N3O2/c1-10(18)16-7-6-15-9-14(19)12-2-3-13-11(8-12)4-5-17-13/h2-3,8,15,17H,4-7,9H2,1H3,(H,16,18). The SMILES string of the molecule is CC(=O)NCCNCC(=O)c1ccc2c(c1)CCN2. The van der Waals surface area contributed by atoms with Crippen LogP contribution >= 0.6 is 0 Å². The molecule has 1 aromatic carbocycles. The number of benzene rings is 1. The molecule has 1 amide bonds. The summed E-state index contributed by atoms with van der Waals surface area (Å²) in [5.74, 6) is 0.0248.